The maximum atomic E-state index is 9.44. The van der Waals surface area contributed by atoms with Crippen molar-refractivity contribution in [3.63, 3.8) is 0 Å². The third kappa shape index (κ3) is 3.98. The van der Waals surface area contributed by atoms with Crippen molar-refractivity contribution in [2.75, 3.05) is 6.61 Å². The van der Waals surface area contributed by atoms with Crippen LogP contribution in [0.25, 0.3) is 0 Å². The first-order chi connectivity index (χ1) is 5.76. The Kier molecular flexibility index (Phi) is 6.11. The summed E-state index contributed by atoms with van der Waals surface area (Å²) in [4.78, 5) is 0. The SMILES string of the molecule is C=C/C=C(\OCC)C(O)/C=C/C. The van der Waals surface area contributed by atoms with Gasteiger partial charge < -0.3 is 9.84 Å². The molecule has 2 nitrogen and oxygen atoms in total. The molecule has 1 atom stereocenters. The van der Waals surface area contributed by atoms with E-state index < -0.39 is 6.10 Å². The van der Waals surface area contributed by atoms with Gasteiger partial charge in [0.15, 0.2) is 0 Å². The number of hydrogen-bond acceptors (Lipinski definition) is 2. The summed E-state index contributed by atoms with van der Waals surface area (Å²) in [6, 6.07) is 0. The normalized spacial score (nSPS) is 14.8. The van der Waals surface area contributed by atoms with Gasteiger partial charge in [0.05, 0.1) is 6.61 Å². The molecule has 2 heteroatoms. The number of ether oxygens (including phenoxy) is 1. The van der Waals surface area contributed by atoms with Crippen molar-refractivity contribution in [2.24, 2.45) is 0 Å². The van der Waals surface area contributed by atoms with Gasteiger partial charge in [-0.05, 0) is 19.9 Å². The second-order valence-corrected chi connectivity index (χ2v) is 2.21. The van der Waals surface area contributed by atoms with Crippen LogP contribution in [0, 0.1) is 0 Å². The first-order valence-electron chi connectivity index (χ1n) is 4.02. The zero-order valence-corrected chi connectivity index (χ0v) is 7.66. The summed E-state index contributed by atoms with van der Waals surface area (Å²) in [5.74, 6) is 0.533. The van der Waals surface area contributed by atoms with Gasteiger partial charge in [0.1, 0.15) is 11.9 Å². The highest BCUT2D eigenvalue weighted by molar-refractivity contribution is 5.13. The minimum atomic E-state index is -0.659. The molecular weight excluding hydrogens is 152 g/mol. The second kappa shape index (κ2) is 6.68. The van der Waals surface area contributed by atoms with E-state index in [2.05, 4.69) is 6.58 Å². The molecule has 0 aromatic carbocycles. The quantitative estimate of drug-likeness (QED) is 0.386. The molecule has 0 radical (unpaired) electrons. The van der Waals surface area contributed by atoms with Crippen LogP contribution in [0.3, 0.4) is 0 Å². The lowest BCUT2D eigenvalue weighted by atomic mass is 10.2. The number of hydrogen-bond donors (Lipinski definition) is 1. The molecule has 1 N–H and O–H groups in total. The third-order valence-corrected chi connectivity index (χ3v) is 1.26. The van der Waals surface area contributed by atoms with E-state index in [1.54, 1.807) is 24.3 Å². The first-order valence-corrected chi connectivity index (χ1v) is 4.02. The van der Waals surface area contributed by atoms with Crippen LogP contribution in [-0.4, -0.2) is 17.8 Å². The highest BCUT2D eigenvalue weighted by Gasteiger charge is 2.05. The van der Waals surface area contributed by atoms with E-state index in [1.165, 1.54) is 0 Å². The van der Waals surface area contributed by atoms with Gasteiger partial charge in [-0.2, -0.15) is 0 Å². The van der Waals surface area contributed by atoms with Crippen LogP contribution >= 0.6 is 0 Å². The largest absolute Gasteiger partial charge is 0.495 e. The van der Waals surface area contributed by atoms with Gasteiger partial charge in [-0.1, -0.05) is 24.8 Å². The summed E-state index contributed by atoms with van der Waals surface area (Å²) >= 11 is 0. The number of aliphatic hydroxyl groups excluding tert-OH is 1. The molecule has 1 unspecified atom stereocenters. The molecule has 0 aromatic rings. The maximum Gasteiger partial charge on any atom is 0.129 e. The highest BCUT2D eigenvalue weighted by Crippen LogP contribution is 2.05. The molecule has 0 aromatic heterocycles. The van der Waals surface area contributed by atoms with Crippen LogP contribution in [0.2, 0.25) is 0 Å². The predicted molar refractivity (Wildman–Crippen MR) is 50.7 cm³/mol. The molecule has 0 amide bonds. The average molecular weight is 168 g/mol. The van der Waals surface area contributed by atoms with E-state index in [0.717, 1.165) is 0 Å². The van der Waals surface area contributed by atoms with Gasteiger partial charge in [-0.3, -0.25) is 0 Å². The van der Waals surface area contributed by atoms with Crippen LogP contribution in [0.4, 0.5) is 0 Å². The van der Waals surface area contributed by atoms with E-state index in [4.69, 9.17) is 4.74 Å². The highest BCUT2D eigenvalue weighted by atomic mass is 16.5. The summed E-state index contributed by atoms with van der Waals surface area (Å²) in [6.07, 6.45) is 6.03. The van der Waals surface area contributed by atoms with E-state index >= 15 is 0 Å². The van der Waals surface area contributed by atoms with Gasteiger partial charge in [0.25, 0.3) is 0 Å². The smallest absolute Gasteiger partial charge is 0.129 e. The van der Waals surface area contributed by atoms with Crippen molar-refractivity contribution in [1.82, 2.24) is 0 Å². The first kappa shape index (κ1) is 11.0. The molecule has 12 heavy (non-hydrogen) atoms. The van der Waals surface area contributed by atoms with Crippen molar-refractivity contribution < 1.29 is 9.84 Å². The minimum absolute atomic E-state index is 0.533. The Morgan fingerprint density at radius 3 is 2.75 bits per heavy atom. The van der Waals surface area contributed by atoms with E-state index in [-0.39, 0.29) is 0 Å². The summed E-state index contributed by atoms with van der Waals surface area (Å²) in [6.45, 7) is 7.81. The second-order valence-electron chi connectivity index (χ2n) is 2.21. The number of aliphatic hydroxyl groups is 1. The Labute approximate surface area is 73.9 Å². The zero-order chi connectivity index (χ0) is 9.40. The van der Waals surface area contributed by atoms with Gasteiger partial charge in [0, 0.05) is 0 Å². The number of rotatable bonds is 5. The Hall–Kier alpha value is -1.02. The van der Waals surface area contributed by atoms with Gasteiger partial charge >= 0.3 is 0 Å². The van der Waals surface area contributed by atoms with Crippen LogP contribution in [-0.2, 0) is 4.74 Å². The summed E-state index contributed by atoms with van der Waals surface area (Å²) in [7, 11) is 0. The Morgan fingerprint density at radius 1 is 1.67 bits per heavy atom. The fraction of sp³-hybridized carbons (Fsp3) is 0.400. The van der Waals surface area contributed by atoms with Crippen LogP contribution in [0.1, 0.15) is 13.8 Å². The molecule has 0 spiro atoms. The van der Waals surface area contributed by atoms with Crippen LogP contribution in [0.5, 0.6) is 0 Å². The molecule has 0 saturated carbocycles. The Morgan fingerprint density at radius 2 is 2.33 bits per heavy atom. The topological polar surface area (TPSA) is 29.5 Å². The molecule has 0 aliphatic heterocycles. The Bertz CT molecular complexity index is 180. The molecule has 0 fully saturated rings. The molecule has 0 aliphatic rings. The molecule has 0 bridgehead atoms. The summed E-state index contributed by atoms with van der Waals surface area (Å²) in [5, 5.41) is 9.44. The van der Waals surface area contributed by atoms with E-state index in [0.29, 0.717) is 12.4 Å². The maximum absolute atomic E-state index is 9.44. The lowest BCUT2D eigenvalue weighted by Crippen LogP contribution is -2.09. The van der Waals surface area contributed by atoms with Crippen molar-refractivity contribution in [2.45, 2.75) is 20.0 Å². The standard InChI is InChI=1S/C10H16O2/c1-4-7-9(11)10(8-5-2)12-6-3/h4-5,7-9,11H,2,6H2,1,3H3/b7-4+,10-8-. The molecule has 68 valence electrons. The van der Waals surface area contributed by atoms with E-state index in [1.807, 2.05) is 13.8 Å². The van der Waals surface area contributed by atoms with Crippen molar-refractivity contribution in [1.29, 1.82) is 0 Å². The van der Waals surface area contributed by atoms with Gasteiger partial charge in [0.2, 0.25) is 0 Å². The summed E-state index contributed by atoms with van der Waals surface area (Å²) in [5.41, 5.74) is 0. The molecule has 0 saturated heterocycles. The fourth-order valence-corrected chi connectivity index (χ4v) is 0.792. The Balaban J connectivity index is 4.28. The lowest BCUT2D eigenvalue weighted by Gasteiger charge is -2.10. The molecule has 0 aliphatic carbocycles. The van der Waals surface area contributed by atoms with Crippen molar-refractivity contribution in [3.8, 4) is 0 Å². The van der Waals surface area contributed by atoms with Gasteiger partial charge in [-0.15, -0.1) is 0 Å². The van der Waals surface area contributed by atoms with Crippen molar-refractivity contribution in [3.05, 3.63) is 36.6 Å². The van der Waals surface area contributed by atoms with Gasteiger partial charge in [-0.25, -0.2) is 0 Å². The lowest BCUT2D eigenvalue weighted by molar-refractivity contribution is 0.135. The monoisotopic (exact) mass is 168 g/mol. The average Bonchev–Trinajstić information content (AvgIpc) is 2.04. The van der Waals surface area contributed by atoms with Crippen LogP contribution < -0.4 is 0 Å². The number of allylic oxidation sites excluding steroid dienone is 3. The summed E-state index contributed by atoms with van der Waals surface area (Å²) < 4.78 is 5.19. The minimum Gasteiger partial charge on any atom is -0.495 e. The predicted octanol–water partition coefficient (Wildman–Crippen LogP) is 2.03. The van der Waals surface area contributed by atoms with Crippen LogP contribution in [0.15, 0.2) is 36.6 Å². The third-order valence-electron chi connectivity index (χ3n) is 1.26. The van der Waals surface area contributed by atoms with Crippen molar-refractivity contribution >= 4 is 0 Å². The molecule has 0 heterocycles. The molecular formula is C10H16O2. The molecule has 0 rings (SSSR count). The fourth-order valence-electron chi connectivity index (χ4n) is 0.792. The van der Waals surface area contributed by atoms with E-state index in [9.17, 15) is 5.11 Å². The zero-order valence-electron chi connectivity index (χ0n) is 7.66.